The van der Waals surface area contributed by atoms with E-state index in [4.69, 9.17) is 0 Å². The number of halogens is 1. The highest BCUT2D eigenvalue weighted by Gasteiger charge is 2.31. The standard InChI is InChI=1S/C12H17FN4O3S/c1-15(2)21(19,20)17-7-5-16(6-8-17)12(18)10-3-4-14-9-11(10)13/h3-4,9H,5-8H2,1-2H3. The molecule has 9 heteroatoms. The fraction of sp³-hybridized carbons (Fsp3) is 0.500. The molecule has 0 spiro atoms. The Morgan fingerprint density at radius 3 is 2.43 bits per heavy atom. The molecular weight excluding hydrogens is 299 g/mol. The Kier molecular flexibility index (Phi) is 4.55. The largest absolute Gasteiger partial charge is 0.336 e. The van der Waals surface area contributed by atoms with Crippen molar-refractivity contribution in [1.82, 2.24) is 18.5 Å². The molecule has 0 radical (unpaired) electrons. The zero-order valence-corrected chi connectivity index (χ0v) is 12.7. The van der Waals surface area contributed by atoms with E-state index in [1.807, 2.05) is 0 Å². The maximum atomic E-state index is 13.5. The molecule has 1 amide bonds. The Hall–Kier alpha value is -1.58. The summed E-state index contributed by atoms with van der Waals surface area (Å²) in [5, 5.41) is 0. The topological polar surface area (TPSA) is 73.8 Å². The van der Waals surface area contributed by atoms with Crippen LogP contribution in [0.5, 0.6) is 0 Å². The van der Waals surface area contributed by atoms with Crippen LogP contribution in [0, 0.1) is 5.82 Å². The lowest BCUT2D eigenvalue weighted by molar-refractivity contribution is 0.0690. The van der Waals surface area contributed by atoms with Gasteiger partial charge in [0.25, 0.3) is 16.1 Å². The number of amides is 1. The molecule has 0 N–H and O–H groups in total. The lowest BCUT2D eigenvalue weighted by atomic mass is 10.2. The SMILES string of the molecule is CN(C)S(=O)(=O)N1CCN(C(=O)c2ccncc2F)CC1. The van der Waals surface area contributed by atoms with E-state index in [1.165, 1.54) is 35.6 Å². The second-order valence-corrected chi connectivity index (χ2v) is 6.98. The van der Waals surface area contributed by atoms with Crippen molar-refractivity contribution in [2.45, 2.75) is 0 Å². The molecule has 21 heavy (non-hydrogen) atoms. The molecule has 1 aromatic rings. The molecule has 0 aromatic carbocycles. The zero-order valence-electron chi connectivity index (χ0n) is 11.9. The number of carbonyl (C=O) groups is 1. The van der Waals surface area contributed by atoms with Gasteiger partial charge in [-0.05, 0) is 6.07 Å². The molecule has 7 nitrogen and oxygen atoms in total. The van der Waals surface area contributed by atoms with Crippen LogP contribution in [0.3, 0.4) is 0 Å². The average Bonchev–Trinajstić information content (AvgIpc) is 2.47. The van der Waals surface area contributed by atoms with Gasteiger partial charge in [-0.15, -0.1) is 0 Å². The maximum absolute atomic E-state index is 13.5. The van der Waals surface area contributed by atoms with E-state index in [1.54, 1.807) is 0 Å². The fourth-order valence-corrected chi connectivity index (χ4v) is 3.16. The Balaban J connectivity index is 2.05. The Morgan fingerprint density at radius 1 is 1.29 bits per heavy atom. The van der Waals surface area contributed by atoms with Crippen molar-refractivity contribution in [3.63, 3.8) is 0 Å². The van der Waals surface area contributed by atoms with E-state index >= 15 is 0 Å². The number of nitrogens with zero attached hydrogens (tertiary/aromatic N) is 4. The Bertz CT molecular complexity index is 627. The van der Waals surface area contributed by atoms with Crippen LogP contribution in [0.25, 0.3) is 0 Å². The third kappa shape index (κ3) is 3.20. The van der Waals surface area contributed by atoms with Crippen molar-refractivity contribution in [3.05, 3.63) is 29.8 Å². The summed E-state index contributed by atoms with van der Waals surface area (Å²) < 4.78 is 39.9. The molecule has 0 unspecified atom stereocenters. The molecule has 1 aromatic heterocycles. The van der Waals surface area contributed by atoms with E-state index in [0.29, 0.717) is 0 Å². The molecule has 2 rings (SSSR count). The van der Waals surface area contributed by atoms with Crippen LogP contribution in [0.15, 0.2) is 18.5 Å². The third-order valence-corrected chi connectivity index (χ3v) is 5.26. The van der Waals surface area contributed by atoms with Gasteiger partial charge in [0.1, 0.15) is 0 Å². The average molecular weight is 316 g/mol. The molecule has 1 aliphatic heterocycles. The molecule has 1 aliphatic rings. The first-order chi connectivity index (χ1) is 9.84. The van der Waals surface area contributed by atoms with Gasteiger partial charge in [-0.2, -0.15) is 17.0 Å². The second-order valence-electron chi connectivity index (χ2n) is 4.84. The van der Waals surface area contributed by atoms with Crippen LogP contribution in [0.2, 0.25) is 0 Å². The minimum atomic E-state index is -3.48. The van der Waals surface area contributed by atoms with Gasteiger partial charge in [-0.3, -0.25) is 9.78 Å². The molecule has 0 saturated carbocycles. The van der Waals surface area contributed by atoms with Crippen LogP contribution >= 0.6 is 0 Å². The quantitative estimate of drug-likeness (QED) is 0.773. The second kappa shape index (κ2) is 6.04. The van der Waals surface area contributed by atoms with Crippen LogP contribution < -0.4 is 0 Å². The van der Waals surface area contributed by atoms with E-state index < -0.39 is 21.9 Å². The van der Waals surface area contributed by atoms with Crippen molar-refractivity contribution in [1.29, 1.82) is 0 Å². The van der Waals surface area contributed by atoms with Gasteiger partial charge < -0.3 is 4.90 Å². The van der Waals surface area contributed by atoms with Gasteiger partial charge in [-0.25, -0.2) is 4.39 Å². The number of pyridine rings is 1. The first-order valence-electron chi connectivity index (χ1n) is 6.40. The van der Waals surface area contributed by atoms with Crippen molar-refractivity contribution in [3.8, 4) is 0 Å². The van der Waals surface area contributed by atoms with Gasteiger partial charge in [0, 0.05) is 46.5 Å². The minimum absolute atomic E-state index is 0.0473. The smallest absolute Gasteiger partial charge is 0.281 e. The van der Waals surface area contributed by atoms with E-state index in [0.717, 1.165) is 10.5 Å². The fourth-order valence-electron chi connectivity index (χ4n) is 2.07. The number of rotatable bonds is 3. The lowest BCUT2D eigenvalue weighted by Gasteiger charge is -2.35. The van der Waals surface area contributed by atoms with Crippen LogP contribution in [0.1, 0.15) is 10.4 Å². The van der Waals surface area contributed by atoms with Crippen molar-refractivity contribution in [2.75, 3.05) is 40.3 Å². The minimum Gasteiger partial charge on any atom is -0.336 e. The van der Waals surface area contributed by atoms with Gasteiger partial charge in [0.05, 0.1) is 11.8 Å². The van der Waals surface area contributed by atoms with E-state index in [9.17, 15) is 17.6 Å². The first kappa shape index (κ1) is 15.8. The van der Waals surface area contributed by atoms with Gasteiger partial charge in [0.2, 0.25) is 0 Å². The molecule has 0 bridgehead atoms. The number of hydrogen-bond acceptors (Lipinski definition) is 4. The van der Waals surface area contributed by atoms with E-state index in [-0.39, 0.29) is 31.7 Å². The van der Waals surface area contributed by atoms with Gasteiger partial charge >= 0.3 is 0 Å². The predicted molar refractivity (Wildman–Crippen MR) is 74.3 cm³/mol. The number of aromatic nitrogens is 1. The number of hydrogen-bond donors (Lipinski definition) is 0. The van der Waals surface area contributed by atoms with Crippen molar-refractivity contribution < 1.29 is 17.6 Å². The highest BCUT2D eigenvalue weighted by Crippen LogP contribution is 2.14. The van der Waals surface area contributed by atoms with Crippen LogP contribution in [-0.4, -0.2) is 73.1 Å². The number of carbonyl (C=O) groups excluding carboxylic acids is 1. The summed E-state index contributed by atoms with van der Waals surface area (Å²) in [6.07, 6.45) is 2.34. The summed E-state index contributed by atoms with van der Waals surface area (Å²) in [5.41, 5.74) is -0.0473. The maximum Gasteiger partial charge on any atom is 0.281 e. The van der Waals surface area contributed by atoms with Gasteiger partial charge in [-0.1, -0.05) is 0 Å². The normalized spacial score (nSPS) is 17.2. The predicted octanol–water partition coefficient (Wildman–Crippen LogP) is -0.215. The summed E-state index contributed by atoms with van der Waals surface area (Å²) in [7, 11) is -0.562. The first-order valence-corrected chi connectivity index (χ1v) is 7.80. The monoisotopic (exact) mass is 316 g/mol. The lowest BCUT2D eigenvalue weighted by Crippen LogP contribution is -2.53. The Labute approximate surface area is 123 Å². The molecule has 2 heterocycles. The molecule has 116 valence electrons. The summed E-state index contributed by atoms with van der Waals surface area (Å²) in [6.45, 7) is 0.846. The van der Waals surface area contributed by atoms with E-state index in [2.05, 4.69) is 4.98 Å². The van der Waals surface area contributed by atoms with Crippen molar-refractivity contribution >= 4 is 16.1 Å². The highest BCUT2D eigenvalue weighted by molar-refractivity contribution is 7.86. The molecule has 1 saturated heterocycles. The summed E-state index contributed by atoms with van der Waals surface area (Å²) >= 11 is 0. The summed E-state index contributed by atoms with van der Waals surface area (Å²) in [4.78, 5) is 17.2. The van der Waals surface area contributed by atoms with Crippen LogP contribution in [0.4, 0.5) is 4.39 Å². The molecular formula is C12H17FN4O3S. The molecule has 0 atom stereocenters. The molecule has 1 fully saturated rings. The third-order valence-electron chi connectivity index (χ3n) is 3.32. The molecule has 0 aliphatic carbocycles. The van der Waals surface area contributed by atoms with Gasteiger partial charge in [0.15, 0.2) is 5.82 Å². The Morgan fingerprint density at radius 2 is 1.90 bits per heavy atom. The van der Waals surface area contributed by atoms with Crippen molar-refractivity contribution in [2.24, 2.45) is 0 Å². The zero-order chi connectivity index (χ0) is 15.6. The summed E-state index contributed by atoms with van der Waals surface area (Å²) in [5.74, 6) is -1.12. The number of piperazine rings is 1. The van der Waals surface area contributed by atoms with Crippen LogP contribution in [-0.2, 0) is 10.2 Å². The summed E-state index contributed by atoms with van der Waals surface area (Å²) in [6, 6.07) is 1.32. The highest BCUT2D eigenvalue weighted by atomic mass is 32.2.